The Morgan fingerprint density at radius 1 is 1.00 bits per heavy atom. The lowest BCUT2D eigenvalue weighted by molar-refractivity contribution is 0.589. The molecule has 1 aliphatic carbocycles. The van der Waals surface area contributed by atoms with Crippen LogP contribution in [0.1, 0.15) is 30.5 Å². The molecule has 18 heavy (non-hydrogen) atoms. The van der Waals surface area contributed by atoms with E-state index in [9.17, 15) is 0 Å². The van der Waals surface area contributed by atoms with Crippen LogP contribution in [0.5, 0.6) is 0 Å². The molecular weight excluding hydrogens is 218 g/mol. The zero-order chi connectivity index (χ0) is 12.5. The summed E-state index contributed by atoms with van der Waals surface area (Å²) in [7, 11) is 0. The van der Waals surface area contributed by atoms with E-state index < -0.39 is 0 Å². The molecule has 1 N–H and O–H groups in total. The van der Waals surface area contributed by atoms with E-state index in [1.54, 1.807) is 0 Å². The summed E-state index contributed by atoms with van der Waals surface area (Å²) >= 11 is 0. The molecule has 0 radical (unpaired) electrons. The summed E-state index contributed by atoms with van der Waals surface area (Å²) in [6, 6.07) is 16.1. The zero-order valence-electron chi connectivity index (χ0n) is 11.0. The number of rotatable bonds is 3. The Hall–Kier alpha value is -1.60. The Bertz CT molecular complexity index is 570. The molecule has 0 aliphatic heterocycles. The summed E-state index contributed by atoms with van der Waals surface area (Å²) in [5.74, 6) is 0. The second kappa shape index (κ2) is 4.58. The minimum absolute atomic E-state index is 0.533. The molecule has 0 aromatic heterocycles. The average molecular weight is 237 g/mol. The van der Waals surface area contributed by atoms with Crippen LogP contribution in [0.25, 0.3) is 11.1 Å². The van der Waals surface area contributed by atoms with Gasteiger partial charge in [-0.2, -0.15) is 0 Å². The number of fused-ring (bicyclic) bond motifs is 3. The monoisotopic (exact) mass is 237 g/mol. The van der Waals surface area contributed by atoms with Crippen molar-refractivity contribution in [2.45, 2.75) is 32.9 Å². The molecule has 0 unspecified atom stereocenters. The molecule has 0 bridgehead atoms. The van der Waals surface area contributed by atoms with Crippen molar-refractivity contribution in [2.75, 3.05) is 0 Å². The topological polar surface area (TPSA) is 12.0 Å². The molecule has 92 valence electrons. The molecule has 1 aliphatic rings. The zero-order valence-corrected chi connectivity index (χ0v) is 11.0. The molecule has 2 aromatic carbocycles. The Balaban J connectivity index is 1.93. The van der Waals surface area contributed by atoms with Gasteiger partial charge >= 0.3 is 0 Å². The van der Waals surface area contributed by atoms with Crippen molar-refractivity contribution in [3.05, 3.63) is 59.2 Å². The van der Waals surface area contributed by atoms with Gasteiger partial charge in [0, 0.05) is 12.6 Å². The SMILES string of the molecule is CC(C)NCc1ccc2c(c1)-c1ccccc1C2. The Morgan fingerprint density at radius 2 is 1.78 bits per heavy atom. The van der Waals surface area contributed by atoms with Crippen LogP contribution >= 0.6 is 0 Å². The van der Waals surface area contributed by atoms with Gasteiger partial charge in [-0.15, -0.1) is 0 Å². The molecule has 0 saturated heterocycles. The lowest BCUT2D eigenvalue weighted by Gasteiger charge is -2.09. The van der Waals surface area contributed by atoms with Gasteiger partial charge in [-0.1, -0.05) is 50.2 Å². The van der Waals surface area contributed by atoms with Crippen molar-refractivity contribution in [3.8, 4) is 11.1 Å². The molecule has 1 nitrogen and oxygen atoms in total. The summed E-state index contributed by atoms with van der Waals surface area (Å²) in [5.41, 5.74) is 7.14. The highest BCUT2D eigenvalue weighted by atomic mass is 14.9. The van der Waals surface area contributed by atoms with Crippen LogP contribution in [0.15, 0.2) is 42.5 Å². The minimum atomic E-state index is 0.533. The van der Waals surface area contributed by atoms with E-state index in [2.05, 4.69) is 61.6 Å². The predicted octanol–water partition coefficient (Wildman–Crippen LogP) is 3.76. The van der Waals surface area contributed by atoms with Crippen LogP contribution in [-0.4, -0.2) is 6.04 Å². The first-order chi connectivity index (χ1) is 8.74. The normalized spacial score (nSPS) is 12.6. The fraction of sp³-hybridized carbons (Fsp3) is 0.294. The Morgan fingerprint density at radius 3 is 2.61 bits per heavy atom. The van der Waals surface area contributed by atoms with Crippen molar-refractivity contribution < 1.29 is 0 Å². The number of benzene rings is 2. The maximum atomic E-state index is 3.48. The smallest absolute Gasteiger partial charge is 0.0208 e. The van der Waals surface area contributed by atoms with Gasteiger partial charge in [-0.05, 0) is 40.3 Å². The average Bonchev–Trinajstić information content (AvgIpc) is 2.74. The minimum Gasteiger partial charge on any atom is -0.310 e. The van der Waals surface area contributed by atoms with Crippen molar-refractivity contribution in [2.24, 2.45) is 0 Å². The molecular formula is C17H19N. The third kappa shape index (κ3) is 2.06. The predicted molar refractivity (Wildman–Crippen MR) is 76.7 cm³/mol. The maximum absolute atomic E-state index is 3.48. The van der Waals surface area contributed by atoms with Crippen LogP contribution in [0.3, 0.4) is 0 Å². The van der Waals surface area contributed by atoms with E-state index in [4.69, 9.17) is 0 Å². The van der Waals surface area contributed by atoms with Gasteiger partial charge in [0.1, 0.15) is 0 Å². The van der Waals surface area contributed by atoms with E-state index in [1.807, 2.05) is 0 Å². The van der Waals surface area contributed by atoms with Crippen molar-refractivity contribution in [3.63, 3.8) is 0 Å². The van der Waals surface area contributed by atoms with Crippen molar-refractivity contribution in [1.82, 2.24) is 5.32 Å². The third-order valence-corrected chi connectivity index (χ3v) is 3.58. The first-order valence-electron chi connectivity index (χ1n) is 6.67. The Labute approximate surface area is 109 Å². The first kappa shape index (κ1) is 11.5. The van der Waals surface area contributed by atoms with Crippen molar-refractivity contribution >= 4 is 0 Å². The molecule has 0 fully saturated rings. The van der Waals surface area contributed by atoms with Crippen LogP contribution in [0, 0.1) is 0 Å². The standard InChI is InChI=1S/C17H19N/c1-12(2)18-11-13-7-8-15-10-14-5-3-4-6-16(14)17(15)9-13/h3-9,12,18H,10-11H2,1-2H3. The molecule has 0 spiro atoms. The second-order valence-corrected chi connectivity index (χ2v) is 5.36. The highest BCUT2D eigenvalue weighted by Crippen LogP contribution is 2.36. The Kier molecular flexibility index (Phi) is 2.92. The van der Waals surface area contributed by atoms with Gasteiger partial charge in [0.2, 0.25) is 0 Å². The van der Waals surface area contributed by atoms with E-state index >= 15 is 0 Å². The highest BCUT2D eigenvalue weighted by molar-refractivity contribution is 5.77. The second-order valence-electron chi connectivity index (χ2n) is 5.36. The number of nitrogens with one attached hydrogen (secondary N) is 1. The van der Waals surface area contributed by atoms with E-state index in [0.29, 0.717) is 6.04 Å². The van der Waals surface area contributed by atoms with Crippen LogP contribution in [-0.2, 0) is 13.0 Å². The van der Waals surface area contributed by atoms with Gasteiger partial charge in [-0.25, -0.2) is 0 Å². The summed E-state index contributed by atoms with van der Waals surface area (Å²) < 4.78 is 0. The van der Waals surface area contributed by atoms with E-state index in [0.717, 1.165) is 13.0 Å². The van der Waals surface area contributed by atoms with Gasteiger partial charge in [0.25, 0.3) is 0 Å². The summed E-state index contributed by atoms with van der Waals surface area (Å²) in [4.78, 5) is 0. The van der Waals surface area contributed by atoms with Crippen LogP contribution < -0.4 is 5.32 Å². The van der Waals surface area contributed by atoms with E-state index in [-0.39, 0.29) is 0 Å². The van der Waals surface area contributed by atoms with Gasteiger partial charge in [0.05, 0.1) is 0 Å². The molecule has 0 atom stereocenters. The molecule has 0 saturated carbocycles. The number of hydrogen-bond acceptors (Lipinski definition) is 1. The highest BCUT2D eigenvalue weighted by Gasteiger charge is 2.17. The largest absolute Gasteiger partial charge is 0.310 e. The summed E-state index contributed by atoms with van der Waals surface area (Å²) in [5, 5.41) is 3.48. The summed E-state index contributed by atoms with van der Waals surface area (Å²) in [6.45, 7) is 5.32. The molecule has 0 amide bonds. The third-order valence-electron chi connectivity index (χ3n) is 3.58. The van der Waals surface area contributed by atoms with Crippen LogP contribution in [0.2, 0.25) is 0 Å². The van der Waals surface area contributed by atoms with Gasteiger partial charge < -0.3 is 5.32 Å². The fourth-order valence-corrected chi connectivity index (χ4v) is 2.60. The van der Waals surface area contributed by atoms with Gasteiger partial charge in [-0.3, -0.25) is 0 Å². The molecule has 3 rings (SSSR count). The number of hydrogen-bond donors (Lipinski definition) is 1. The quantitative estimate of drug-likeness (QED) is 0.731. The molecule has 1 heteroatoms. The maximum Gasteiger partial charge on any atom is 0.0208 e. The molecule has 2 aromatic rings. The summed E-state index contributed by atoms with van der Waals surface area (Å²) in [6.07, 6.45) is 1.09. The van der Waals surface area contributed by atoms with Crippen molar-refractivity contribution in [1.29, 1.82) is 0 Å². The van der Waals surface area contributed by atoms with Gasteiger partial charge in [0.15, 0.2) is 0 Å². The first-order valence-corrected chi connectivity index (χ1v) is 6.67. The lowest BCUT2D eigenvalue weighted by atomic mass is 10.0. The fourth-order valence-electron chi connectivity index (χ4n) is 2.60. The molecule has 0 heterocycles. The van der Waals surface area contributed by atoms with E-state index in [1.165, 1.54) is 27.8 Å². The lowest BCUT2D eigenvalue weighted by Crippen LogP contribution is -2.21. The van der Waals surface area contributed by atoms with Crippen LogP contribution in [0.4, 0.5) is 0 Å².